The Bertz CT molecular complexity index is 154. The molecule has 11 heavy (non-hydrogen) atoms. The molecule has 0 aromatic rings. The number of rotatable bonds is 2. The lowest BCUT2D eigenvalue weighted by Crippen LogP contribution is -2.27. The molecule has 62 valence electrons. The summed E-state index contributed by atoms with van der Waals surface area (Å²) >= 11 is 0. The van der Waals surface area contributed by atoms with Gasteiger partial charge in [-0.25, -0.2) is 0 Å². The SMILES string of the molecule is [N-]=[N+]=NCC1CCC(N)CC1. The van der Waals surface area contributed by atoms with Crippen LogP contribution in [0, 0.1) is 5.92 Å². The average Bonchev–Trinajstić information content (AvgIpc) is 2.04. The maximum Gasteiger partial charge on any atom is 0.0286 e. The van der Waals surface area contributed by atoms with Gasteiger partial charge in [0.2, 0.25) is 0 Å². The van der Waals surface area contributed by atoms with E-state index in [9.17, 15) is 0 Å². The smallest absolute Gasteiger partial charge is 0.0286 e. The van der Waals surface area contributed by atoms with Gasteiger partial charge in [-0.1, -0.05) is 5.11 Å². The topological polar surface area (TPSA) is 74.8 Å². The zero-order chi connectivity index (χ0) is 8.10. The molecular weight excluding hydrogens is 140 g/mol. The first-order valence-electron chi connectivity index (χ1n) is 4.09. The fraction of sp³-hybridized carbons (Fsp3) is 1.00. The third kappa shape index (κ3) is 2.78. The predicted octanol–water partition coefficient (Wildman–Crippen LogP) is 1.81. The highest BCUT2D eigenvalue weighted by atomic mass is 15.1. The molecule has 0 aromatic heterocycles. The Hall–Kier alpha value is -0.730. The average molecular weight is 154 g/mol. The van der Waals surface area contributed by atoms with Crippen LogP contribution in [0.3, 0.4) is 0 Å². The van der Waals surface area contributed by atoms with Crippen LogP contribution in [-0.4, -0.2) is 12.6 Å². The molecule has 4 heteroatoms. The molecule has 0 atom stereocenters. The van der Waals surface area contributed by atoms with Crippen molar-refractivity contribution < 1.29 is 0 Å². The fourth-order valence-corrected chi connectivity index (χ4v) is 1.52. The summed E-state index contributed by atoms with van der Waals surface area (Å²) in [7, 11) is 0. The van der Waals surface area contributed by atoms with Crippen LogP contribution in [0.25, 0.3) is 10.4 Å². The van der Waals surface area contributed by atoms with E-state index in [1.54, 1.807) is 0 Å². The summed E-state index contributed by atoms with van der Waals surface area (Å²) in [6.07, 6.45) is 4.43. The van der Waals surface area contributed by atoms with Crippen molar-refractivity contribution in [2.75, 3.05) is 6.54 Å². The summed E-state index contributed by atoms with van der Waals surface area (Å²) in [5, 5.41) is 3.56. The highest BCUT2D eigenvalue weighted by Gasteiger charge is 2.17. The van der Waals surface area contributed by atoms with Crippen LogP contribution in [0.15, 0.2) is 5.11 Å². The molecule has 1 aliphatic carbocycles. The van der Waals surface area contributed by atoms with Crippen LogP contribution in [0.1, 0.15) is 25.7 Å². The van der Waals surface area contributed by atoms with Crippen LogP contribution in [0.4, 0.5) is 0 Å². The first-order valence-corrected chi connectivity index (χ1v) is 4.09. The van der Waals surface area contributed by atoms with Gasteiger partial charge in [0, 0.05) is 17.5 Å². The van der Waals surface area contributed by atoms with Crippen molar-refractivity contribution in [3.8, 4) is 0 Å². The molecule has 1 rings (SSSR count). The van der Waals surface area contributed by atoms with Gasteiger partial charge in [-0.2, -0.15) is 0 Å². The zero-order valence-electron chi connectivity index (χ0n) is 6.61. The van der Waals surface area contributed by atoms with Gasteiger partial charge >= 0.3 is 0 Å². The lowest BCUT2D eigenvalue weighted by molar-refractivity contribution is 0.333. The largest absolute Gasteiger partial charge is 0.328 e. The maximum atomic E-state index is 8.08. The molecule has 0 amide bonds. The van der Waals surface area contributed by atoms with E-state index in [1.165, 1.54) is 0 Å². The lowest BCUT2D eigenvalue weighted by Gasteiger charge is -2.24. The minimum absolute atomic E-state index is 0.386. The van der Waals surface area contributed by atoms with Crippen molar-refractivity contribution in [2.45, 2.75) is 31.7 Å². The molecule has 0 saturated heterocycles. The quantitative estimate of drug-likeness (QED) is 0.367. The third-order valence-corrected chi connectivity index (χ3v) is 2.29. The van der Waals surface area contributed by atoms with Gasteiger partial charge < -0.3 is 5.73 Å². The summed E-state index contributed by atoms with van der Waals surface area (Å²) in [5.74, 6) is 0.589. The summed E-state index contributed by atoms with van der Waals surface area (Å²) in [6, 6.07) is 0.386. The molecule has 0 spiro atoms. The van der Waals surface area contributed by atoms with Crippen molar-refractivity contribution >= 4 is 0 Å². The van der Waals surface area contributed by atoms with Crippen LogP contribution >= 0.6 is 0 Å². The van der Waals surface area contributed by atoms with Crippen molar-refractivity contribution in [3.63, 3.8) is 0 Å². The second-order valence-corrected chi connectivity index (χ2v) is 3.19. The van der Waals surface area contributed by atoms with E-state index < -0.39 is 0 Å². The molecule has 0 aliphatic heterocycles. The summed E-state index contributed by atoms with van der Waals surface area (Å²) in [6.45, 7) is 0.656. The number of hydrogen-bond acceptors (Lipinski definition) is 2. The number of nitrogens with zero attached hydrogens (tertiary/aromatic N) is 3. The summed E-state index contributed by atoms with van der Waals surface area (Å²) < 4.78 is 0. The Morgan fingerprint density at radius 1 is 1.36 bits per heavy atom. The number of nitrogens with two attached hydrogens (primary N) is 1. The van der Waals surface area contributed by atoms with Crippen LogP contribution in [-0.2, 0) is 0 Å². The Balaban J connectivity index is 2.22. The van der Waals surface area contributed by atoms with Crippen LogP contribution in [0.5, 0.6) is 0 Å². The molecule has 1 fully saturated rings. The summed E-state index contributed by atoms with van der Waals surface area (Å²) in [4.78, 5) is 2.74. The van der Waals surface area contributed by atoms with Gasteiger partial charge in [-0.15, -0.1) is 0 Å². The van der Waals surface area contributed by atoms with E-state index in [1.807, 2.05) is 0 Å². The Morgan fingerprint density at radius 3 is 2.55 bits per heavy atom. The molecule has 4 nitrogen and oxygen atoms in total. The van der Waals surface area contributed by atoms with Gasteiger partial charge in [-0.05, 0) is 37.1 Å². The monoisotopic (exact) mass is 154 g/mol. The van der Waals surface area contributed by atoms with Crippen molar-refractivity contribution in [3.05, 3.63) is 10.4 Å². The molecule has 1 aliphatic rings. The minimum atomic E-state index is 0.386. The van der Waals surface area contributed by atoms with E-state index in [0.717, 1.165) is 25.7 Å². The molecule has 0 bridgehead atoms. The molecule has 0 heterocycles. The van der Waals surface area contributed by atoms with E-state index in [4.69, 9.17) is 11.3 Å². The molecule has 1 saturated carbocycles. The first kappa shape index (κ1) is 8.37. The van der Waals surface area contributed by atoms with E-state index in [2.05, 4.69) is 10.0 Å². The van der Waals surface area contributed by atoms with Crippen molar-refractivity contribution in [2.24, 2.45) is 16.8 Å². The van der Waals surface area contributed by atoms with Gasteiger partial charge in [0.25, 0.3) is 0 Å². The Morgan fingerprint density at radius 2 is 2.00 bits per heavy atom. The fourth-order valence-electron chi connectivity index (χ4n) is 1.52. The first-order chi connectivity index (χ1) is 5.33. The molecular formula is C7H14N4. The molecule has 0 unspecified atom stereocenters. The van der Waals surface area contributed by atoms with Crippen molar-refractivity contribution in [1.82, 2.24) is 0 Å². The second kappa shape index (κ2) is 4.21. The molecule has 2 N–H and O–H groups in total. The minimum Gasteiger partial charge on any atom is -0.328 e. The standard InChI is InChI=1S/C7H14N4/c8-7-3-1-6(2-4-7)5-10-11-9/h6-7H,1-5,8H2. The van der Waals surface area contributed by atoms with E-state index in [0.29, 0.717) is 18.5 Å². The highest BCUT2D eigenvalue weighted by molar-refractivity contribution is 4.75. The normalized spacial score (nSPS) is 31.0. The Labute approximate surface area is 66.4 Å². The molecule has 0 radical (unpaired) electrons. The highest BCUT2D eigenvalue weighted by Crippen LogP contribution is 2.23. The maximum absolute atomic E-state index is 8.08. The lowest BCUT2D eigenvalue weighted by atomic mass is 9.87. The van der Waals surface area contributed by atoms with Gasteiger partial charge in [0.05, 0.1) is 0 Å². The van der Waals surface area contributed by atoms with Crippen LogP contribution in [0.2, 0.25) is 0 Å². The number of hydrogen-bond donors (Lipinski definition) is 1. The van der Waals surface area contributed by atoms with E-state index >= 15 is 0 Å². The van der Waals surface area contributed by atoms with Gasteiger partial charge in [0.15, 0.2) is 0 Å². The third-order valence-electron chi connectivity index (χ3n) is 2.29. The van der Waals surface area contributed by atoms with E-state index in [-0.39, 0.29) is 0 Å². The second-order valence-electron chi connectivity index (χ2n) is 3.19. The molecule has 0 aromatic carbocycles. The van der Waals surface area contributed by atoms with Crippen LogP contribution < -0.4 is 5.73 Å². The van der Waals surface area contributed by atoms with Crippen molar-refractivity contribution in [1.29, 1.82) is 0 Å². The Kier molecular flexibility index (Phi) is 3.20. The number of azide groups is 1. The predicted molar refractivity (Wildman–Crippen MR) is 43.9 cm³/mol. The van der Waals surface area contributed by atoms with Gasteiger partial charge in [0.1, 0.15) is 0 Å². The van der Waals surface area contributed by atoms with Gasteiger partial charge in [-0.3, -0.25) is 0 Å². The zero-order valence-corrected chi connectivity index (χ0v) is 6.61. The summed E-state index contributed by atoms with van der Waals surface area (Å²) in [5.41, 5.74) is 13.8.